The smallest absolute Gasteiger partial charge is 0.293 e. The molecule has 3 rings (SSSR count). The molecule has 140 valence electrons. The summed E-state index contributed by atoms with van der Waals surface area (Å²) in [5, 5.41) is 4.58. The average molecular weight is 362 g/mol. The lowest BCUT2D eigenvalue weighted by Crippen LogP contribution is -2.40. The van der Waals surface area contributed by atoms with Gasteiger partial charge in [-0.15, -0.1) is 5.10 Å². The largest absolute Gasteiger partial charge is 0.333 e. The third-order valence-electron chi connectivity index (χ3n) is 4.28. The highest BCUT2D eigenvalue weighted by atomic mass is 16.2. The Bertz CT molecular complexity index is 828. The molecule has 0 N–H and O–H groups in total. The van der Waals surface area contributed by atoms with Crippen molar-refractivity contribution in [3.8, 4) is 17.1 Å². The number of carbonyl (C=O) groups is 1. The van der Waals surface area contributed by atoms with Gasteiger partial charge in [-0.3, -0.25) is 4.79 Å². The zero-order valence-corrected chi connectivity index (χ0v) is 16.3. The number of benzene rings is 2. The molecule has 3 aromatic rings. The Morgan fingerprint density at radius 2 is 1.56 bits per heavy atom. The Kier molecular flexibility index (Phi) is 5.69. The maximum atomic E-state index is 13.1. The summed E-state index contributed by atoms with van der Waals surface area (Å²) < 4.78 is 1.75. The molecule has 1 heterocycles. The summed E-state index contributed by atoms with van der Waals surface area (Å²) in [4.78, 5) is 19.6. The van der Waals surface area contributed by atoms with Crippen molar-refractivity contribution < 1.29 is 4.79 Å². The summed E-state index contributed by atoms with van der Waals surface area (Å²) in [7, 11) is 0. The van der Waals surface area contributed by atoms with E-state index in [1.807, 2.05) is 79.4 Å². The van der Waals surface area contributed by atoms with Crippen LogP contribution in [0, 0.1) is 5.92 Å². The molecule has 5 heteroatoms. The van der Waals surface area contributed by atoms with Crippen molar-refractivity contribution in [1.29, 1.82) is 0 Å². The van der Waals surface area contributed by atoms with E-state index in [0.29, 0.717) is 18.3 Å². The molecule has 0 saturated carbocycles. The Morgan fingerprint density at radius 1 is 0.963 bits per heavy atom. The van der Waals surface area contributed by atoms with E-state index in [1.54, 1.807) is 4.68 Å². The van der Waals surface area contributed by atoms with Crippen LogP contribution in [-0.2, 0) is 0 Å². The quantitative estimate of drug-likeness (QED) is 0.651. The van der Waals surface area contributed by atoms with E-state index < -0.39 is 0 Å². The van der Waals surface area contributed by atoms with Crippen LogP contribution in [0.4, 0.5) is 0 Å². The minimum atomic E-state index is -0.134. The molecule has 0 spiro atoms. The van der Waals surface area contributed by atoms with Crippen LogP contribution in [0.5, 0.6) is 0 Å². The van der Waals surface area contributed by atoms with Gasteiger partial charge in [0, 0.05) is 18.2 Å². The molecule has 2 aromatic carbocycles. The first-order valence-electron chi connectivity index (χ1n) is 9.36. The van der Waals surface area contributed by atoms with Crippen LogP contribution in [0.1, 0.15) is 38.3 Å². The summed E-state index contributed by atoms with van der Waals surface area (Å²) in [5.74, 6) is 1.14. The van der Waals surface area contributed by atoms with Crippen molar-refractivity contribution in [2.45, 2.75) is 33.7 Å². The van der Waals surface area contributed by atoms with Gasteiger partial charge in [0.05, 0.1) is 5.69 Å². The highest BCUT2D eigenvalue weighted by molar-refractivity contribution is 5.91. The lowest BCUT2D eigenvalue weighted by atomic mass is 10.1. The number of carbonyl (C=O) groups excluding carboxylic acids is 1. The fourth-order valence-corrected chi connectivity index (χ4v) is 2.98. The highest BCUT2D eigenvalue weighted by Crippen LogP contribution is 2.22. The van der Waals surface area contributed by atoms with Crippen LogP contribution >= 0.6 is 0 Å². The second-order valence-corrected chi connectivity index (χ2v) is 7.32. The normalized spacial score (nSPS) is 11.2. The second kappa shape index (κ2) is 8.16. The van der Waals surface area contributed by atoms with E-state index >= 15 is 0 Å². The van der Waals surface area contributed by atoms with Crippen molar-refractivity contribution in [2.75, 3.05) is 6.54 Å². The number of para-hydroxylation sites is 1. The van der Waals surface area contributed by atoms with Crippen molar-refractivity contribution in [3.05, 3.63) is 66.5 Å². The molecular weight excluding hydrogens is 336 g/mol. The maximum absolute atomic E-state index is 13.1. The Labute approximate surface area is 160 Å². The summed E-state index contributed by atoms with van der Waals surface area (Å²) in [6.45, 7) is 8.93. The fourth-order valence-electron chi connectivity index (χ4n) is 2.98. The maximum Gasteiger partial charge on any atom is 0.293 e. The van der Waals surface area contributed by atoms with Gasteiger partial charge in [-0.05, 0) is 31.9 Å². The van der Waals surface area contributed by atoms with Gasteiger partial charge in [0.15, 0.2) is 5.82 Å². The molecule has 0 saturated heterocycles. The SMILES string of the molecule is CC(C)CN(C(=O)c1nc(-c2ccccc2)n(-c2ccccc2)n1)C(C)C. The molecule has 0 unspecified atom stereocenters. The monoisotopic (exact) mass is 362 g/mol. The number of nitrogens with zero attached hydrogens (tertiary/aromatic N) is 4. The van der Waals surface area contributed by atoms with Gasteiger partial charge >= 0.3 is 0 Å². The summed E-state index contributed by atoms with van der Waals surface area (Å²) >= 11 is 0. The van der Waals surface area contributed by atoms with E-state index in [9.17, 15) is 4.79 Å². The zero-order chi connectivity index (χ0) is 19.4. The van der Waals surface area contributed by atoms with Crippen LogP contribution in [0.25, 0.3) is 17.1 Å². The van der Waals surface area contributed by atoms with Crippen LogP contribution in [0.3, 0.4) is 0 Å². The first kappa shape index (κ1) is 18.8. The van der Waals surface area contributed by atoms with Crippen molar-refractivity contribution in [1.82, 2.24) is 19.7 Å². The molecular formula is C22H26N4O. The zero-order valence-electron chi connectivity index (χ0n) is 16.3. The van der Waals surface area contributed by atoms with E-state index in [2.05, 4.69) is 23.9 Å². The predicted octanol–water partition coefficient (Wildman–Crippen LogP) is 4.44. The van der Waals surface area contributed by atoms with Gasteiger partial charge in [0.1, 0.15) is 0 Å². The highest BCUT2D eigenvalue weighted by Gasteiger charge is 2.25. The molecule has 0 aliphatic carbocycles. The fraction of sp³-hybridized carbons (Fsp3) is 0.318. The van der Waals surface area contributed by atoms with E-state index in [-0.39, 0.29) is 17.8 Å². The molecule has 0 radical (unpaired) electrons. The lowest BCUT2D eigenvalue weighted by Gasteiger charge is -2.27. The Morgan fingerprint density at radius 3 is 2.11 bits per heavy atom. The number of hydrogen-bond donors (Lipinski definition) is 0. The van der Waals surface area contributed by atoms with Gasteiger partial charge in [0.25, 0.3) is 5.91 Å². The van der Waals surface area contributed by atoms with E-state index in [4.69, 9.17) is 0 Å². The summed E-state index contributed by atoms with van der Waals surface area (Å²) in [6.07, 6.45) is 0. The van der Waals surface area contributed by atoms with Gasteiger partial charge in [-0.25, -0.2) is 9.67 Å². The van der Waals surface area contributed by atoms with Gasteiger partial charge in [0.2, 0.25) is 5.82 Å². The molecule has 0 bridgehead atoms. The minimum absolute atomic E-state index is 0.0868. The molecule has 5 nitrogen and oxygen atoms in total. The number of hydrogen-bond acceptors (Lipinski definition) is 3. The summed E-state index contributed by atoms with van der Waals surface area (Å²) in [5.41, 5.74) is 1.80. The van der Waals surface area contributed by atoms with Crippen LogP contribution in [0.2, 0.25) is 0 Å². The first-order chi connectivity index (χ1) is 13.0. The number of rotatable bonds is 6. The molecule has 27 heavy (non-hydrogen) atoms. The molecule has 0 aliphatic rings. The Hall–Kier alpha value is -2.95. The van der Waals surface area contributed by atoms with Gasteiger partial charge < -0.3 is 4.90 Å². The molecule has 1 amide bonds. The van der Waals surface area contributed by atoms with Crippen LogP contribution < -0.4 is 0 Å². The van der Waals surface area contributed by atoms with E-state index in [1.165, 1.54) is 0 Å². The number of amides is 1. The topological polar surface area (TPSA) is 51.0 Å². The van der Waals surface area contributed by atoms with E-state index in [0.717, 1.165) is 11.3 Å². The first-order valence-corrected chi connectivity index (χ1v) is 9.36. The predicted molar refractivity (Wildman–Crippen MR) is 108 cm³/mol. The van der Waals surface area contributed by atoms with Crippen molar-refractivity contribution in [2.24, 2.45) is 5.92 Å². The molecule has 0 atom stereocenters. The van der Waals surface area contributed by atoms with Crippen molar-refractivity contribution in [3.63, 3.8) is 0 Å². The van der Waals surface area contributed by atoms with Crippen molar-refractivity contribution >= 4 is 5.91 Å². The third-order valence-corrected chi connectivity index (χ3v) is 4.28. The minimum Gasteiger partial charge on any atom is -0.333 e. The molecule has 0 fully saturated rings. The standard InChI is InChI=1S/C22H26N4O/c1-16(2)15-25(17(3)4)22(27)20-23-21(18-11-7-5-8-12-18)26(24-20)19-13-9-6-10-14-19/h5-14,16-17H,15H2,1-4H3. The molecule has 0 aliphatic heterocycles. The molecule has 1 aromatic heterocycles. The Balaban J connectivity index is 2.07. The average Bonchev–Trinajstić information content (AvgIpc) is 3.12. The van der Waals surface area contributed by atoms with Crippen LogP contribution in [-0.4, -0.2) is 38.2 Å². The van der Waals surface area contributed by atoms with Gasteiger partial charge in [-0.2, -0.15) is 0 Å². The van der Waals surface area contributed by atoms with Gasteiger partial charge in [-0.1, -0.05) is 62.4 Å². The third kappa shape index (κ3) is 4.25. The van der Waals surface area contributed by atoms with Crippen LogP contribution in [0.15, 0.2) is 60.7 Å². The lowest BCUT2D eigenvalue weighted by molar-refractivity contribution is 0.0669. The summed E-state index contributed by atoms with van der Waals surface area (Å²) in [6, 6.07) is 19.7. The number of aromatic nitrogens is 3. The second-order valence-electron chi connectivity index (χ2n) is 7.32.